The van der Waals surface area contributed by atoms with Gasteiger partial charge in [0.2, 0.25) is 23.6 Å². The van der Waals surface area contributed by atoms with Gasteiger partial charge in [0.1, 0.15) is 23.7 Å². The Bertz CT molecular complexity index is 1730. The van der Waals surface area contributed by atoms with E-state index in [9.17, 15) is 34.2 Å². The molecule has 0 saturated carbocycles. The number of nitrogens with one attached hydrogen (secondary N) is 6. The Morgan fingerprint density at radius 2 is 1.28 bits per heavy atom. The zero-order valence-electron chi connectivity index (χ0n) is 35.0. The molecule has 0 fully saturated rings. The Hall–Kier alpha value is -5.28. The van der Waals surface area contributed by atoms with Crippen molar-refractivity contribution in [2.24, 2.45) is 11.8 Å². The monoisotopic (exact) mass is 805 g/mol. The number of alkyl carbamates (subject to hydrolysis) is 1. The first kappa shape index (κ1) is 47.1. The third kappa shape index (κ3) is 16.7. The van der Waals surface area contributed by atoms with Crippen molar-refractivity contribution in [3.8, 4) is 0 Å². The zero-order chi connectivity index (χ0) is 43.0. The molecule has 1 heterocycles. The van der Waals surface area contributed by atoms with E-state index in [0.29, 0.717) is 17.7 Å². The summed E-state index contributed by atoms with van der Waals surface area (Å²) in [6.45, 7) is 14.4. The highest BCUT2D eigenvalue weighted by molar-refractivity contribution is 5.92. The minimum absolute atomic E-state index is 0.00354. The summed E-state index contributed by atoms with van der Waals surface area (Å²) in [4.78, 5) is 74.6. The van der Waals surface area contributed by atoms with Gasteiger partial charge in [0.25, 0.3) is 0 Å². The third-order valence-electron chi connectivity index (χ3n) is 9.16. The van der Waals surface area contributed by atoms with Crippen LogP contribution in [0.15, 0.2) is 73.2 Å². The molecule has 0 aliphatic heterocycles. The fourth-order valence-electron chi connectivity index (χ4n) is 6.34. The molecule has 4 unspecified atom stereocenters. The molecule has 0 aliphatic carbocycles. The van der Waals surface area contributed by atoms with Gasteiger partial charge in [-0.2, -0.15) is 0 Å². The molecule has 15 nitrogen and oxygen atoms in total. The number of benzene rings is 2. The van der Waals surface area contributed by atoms with Crippen molar-refractivity contribution in [2.45, 2.75) is 136 Å². The second kappa shape index (κ2) is 22.6. The molecular formula is C43H63N7O8. The van der Waals surface area contributed by atoms with Crippen LogP contribution in [0.3, 0.4) is 0 Å². The number of aromatic amines is 1. The predicted octanol–water partition coefficient (Wildman–Crippen LogP) is 3.62. The van der Waals surface area contributed by atoms with E-state index in [4.69, 9.17) is 4.74 Å². The standard InChI is InChI=1S/C43H63N7O8/c1-26(2)19-32(36(51)23-37(52)47-33(20-27(3)4)39(54)46-28(5)38(53)30-17-13-10-14-18-30)48-41(56)35(22-31-24-44-25-45-31)49-40(55)34(21-29-15-11-9-12-16-29)50-42(57)58-43(6,7)8/h9-18,24-28,32-36,38,51,53H,19-23H2,1-8H3,(H,44,45)(H,46,54)(H,47,52)(H,48,56)(H,49,55)(H,50,57)/t28?,32?,33-,34-,35-,36?,38?/m0/s1. The molecular weight excluding hydrogens is 743 g/mol. The van der Waals surface area contributed by atoms with Crippen LogP contribution in [-0.2, 0) is 36.8 Å². The Morgan fingerprint density at radius 1 is 0.707 bits per heavy atom. The lowest BCUT2D eigenvalue weighted by Crippen LogP contribution is -2.58. The summed E-state index contributed by atoms with van der Waals surface area (Å²) in [5.74, 6) is -2.35. The number of amides is 5. The van der Waals surface area contributed by atoms with Crippen molar-refractivity contribution < 1.29 is 38.9 Å². The van der Waals surface area contributed by atoms with E-state index < -0.39 is 84.2 Å². The van der Waals surface area contributed by atoms with Crippen LogP contribution in [0.1, 0.15) is 97.6 Å². The number of H-pyrrole nitrogens is 1. The van der Waals surface area contributed by atoms with Crippen LogP contribution < -0.4 is 26.6 Å². The van der Waals surface area contributed by atoms with Crippen LogP contribution in [0.5, 0.6) is 0 Å². The number of aliphatic hydroxyl groups is 2. The summed E-state index contributed by atoms with van der Waals surface area (Å²) >= 11 is 0. The van der Waals surface area contributed by atoms with Crippen molar-refractivity contribution in [3.63, 3.8) is 0 Å². The Kier molecular flexibility index (Phi) is 18.4. The first-order chi connectivity index (χ1) is 27.3. The Balaban J connectivity index is 1.76. The lowest BCUT2D eigenvalue weighted by molar-refractivity contribution is -0.132. The van der Waals surface area contributed by atoms with Crippen molar-refractivity contribution in [2.75, 3.05) is 0 Å². The Labute approximate surface area is 341 Å². The molecule has 0 spiro atoms. The number of hydrogen-bond acceptors (Lipinski definition) is 9. The van der Waals surface area contributed by atoms with Gasteiger partial charge in [-0.15, -0.1) is 0 Å². The van der Waals surface area contributed by atoms with E-state index in [1.165, 1.54) is 12.5 Å². The smallest absolute Gasteiger partial charge is 0.408 e. The number of carbonyl (C=O) groups excluding carboxylic acids is 5. The average molecular weight is 806 g/mol. The average Bonchev–Trinajstić information content (AvgIpc) is 3.66. The molecule has 1 aromatic heterocycles. The molecule has 58 heavy (non-hydrogen) atoms. The molecule has 8 N–H and O–H groups in total. The molecule has 15 heteroatoms. The predicted molar refractivity (Wildman–Crippen MR) is 220 cm³/mol. The van der Waals surface area contributed by atoms with Crippen LogP contribution in [0.4, 0.5) is 4.79 Å². The van der Waals surface area contributed by atoms with Gasteiger partial charge in [-0.05, 0) is 63.5 Å². The highest BCUT2D eigenvalue weighted by atomic mass is 16.6. The summed E-state index contributed by atoms with van der Waals surface area (Å²) in [6.07, 6.45) is 0.0804. The second-order valence-electron chi connectivity index (χ2n) is 16.6. The first-order valence-electron chi connectivity index (χ1n) is 19.9. The van der Waals surface area contributed by atoms with Crippen LogP contribution in [-0.4, -0.2) is 91.8 Å². The fraction of sp³-hybridized carbons (Fsp3) is 0.535. The largest absolute Gasteiger partial charge is 0.444 e. The topological polar surface area (TPSA) is 224 Å². The van der Waals surface area contributed by atoms with E-state index in [-0.39, 0.29) is 31.1 Å². The van der Waals surface area contributed by atoms with Crippen LogP contribution in [0, 0.1) is 11.8 Å². The molecule has 0 saturated heterocycles. The maximum atomic E-state index is 14.1. The minimum Gasteiger partial charge on any atom is -0.444 e. The van der Waals surface area contributed by atoms with Crippen molar-refractivity contribution in [1.82, 2.24) is 36.6 Å². The van der Waals surface area contributed by atoms with Gasteiger partial charge >= 0.3 is 6.09 Å². The maximum Gasteiger partial charge on any atom is 0.408 e. The molecule has 3 rings (SSSR count). The first-order valence-corrected chi connectivity index (χ1v) is 19.9. The fourth-order valence-corrected chi connectivity index (χ4v) is 6.34. The summed E-state index contributed by atoms with van der Waals surface area (Å²) in [6, 6.07) is 13.2. The molecule has 5 amide bonds. The number of rotatable bonds is 21. The molecule has 3 aromatic rings. The number of aromatic nitrogens is 2. The number of imidazole rings is 1. The van der Waals surface area contributed by atoms with Gasteiger partial charge in [0.15, 0.2) is 0 Å². The third-order valence-corrected chi connectivity index (χ3v) is 9.16. The molecule has 0 aliphatic rings. The highest BCUT2D eigenvalue weighted by Gasteiger charge is 2.33. The van der Waals surface area contributed by atoms with E-state index in [2.05, 4.69) is 36.6 Å². The van der Waals surface area contributed by atoms with Crippen LogP contribution >= 0.6 is 0 Å². The molecule has 0 radical (unpaired) electrons. The van der Waals surface area contributed by atoms with E-state index in [1.807, 2.05) is 64.1 Å². The van der Waals surface area contributed by atoms with Crippen molar-refractivity contribution >= 4 is 29.7 Å². The van der Waals surface area contributed by atoms with E-state index in [0.717, 1.165) is 5.56 Å². The lowest BCUT2D eigenvalue weighted by Gasteiger charge is -2.29. The van der Waals surface area contributed by atoms with Crippen molar-refractivity contribution in [1.29, 1.82) is 0 Å². The quantitative estimate of drug-likeness (QED) is 0.0787. The summed E-state index contributed by atoms with van der Waals surface area (Å²) in [5, 5.41) is 36.1. The summed E-state index contributed by atoms with van der Waals surface area (Å²) < 4.78 is 5.42. The number of aliphatic hydroxyl groups excluding tert-OH is 2. The molecule has 2 aromatic carbocycles. The maximum absolute atomic E-state index is 14.1. The Morgan fingerprint density at radius 3 is 1.84 bits per heavy atom. The van der Waals surface area contributed by atoms with Crippen molar-refractivity contribution in [3.05, 3.63) is 90.0 Å². The normalized spacial score (nSPS) is 15.2. The lowest BCUT2D eigenvalue weighted by atomic mass is 9.95. The summed E-state index contributed by atoms with van der Waals surface area (Å²) in [5.41, 5.74) is 1.12. The van der Waals surface area contributed by atoms with Gasteiger partial charge < -0.3 is 46.5 Å². The summed E-state index contributed by atoms with van der Waals surface area (Å²) in [7, 11) is 0. The molecule has 318 valence electrons. The van der Waals surface area contributed by atoms with Gasteiger partial charge in [0, 0.05) is 24.7 Å². The second-order valence-corrected chi connectivity index (χ2v) is 16.6. The zero-order valence-corrected chi connectivity index (χ0v) is 35.0. The number of carbonyl (C=O) groups is 5. The minimum atomic E-state index is -1.36. The number of hydrogen-bond donors (Lipinski definition) is 8. The van der Waals surface area contributed by atoms with E-state index in [1.54, 1.807) is 52.0 Å². The van der Waals surface area contributed by atoms with Crippen LogP contribution in [0.25, 0.3) is 0 Å². The van der Waals surface area contributed by atoms with Gasteiger partial charge in [-0.25, -0.2) is 9.78 Å². The molecule has 7 atom stereocenters. The van der Waals surface area contributed by atoms with Gasteiger partial charge in [-0.1, -0.05) is 88.4 Å². The van der Waals surface area contributed by atoms with E-state index >= 15 is 0 Å². The van der Waals surface area contributed by atoms with Crippen LogP contribution in [0.2, 0.25) is 0 Å². The molecule has 0 bridgehead atoms. The highest BCUT2D eigenvalue weighted by Crippen LogP contribution is 2.18. The number of ether oxygens (including phenoxy) is 1. The van der Waals surface area contributed by atoms with Gasteiger partial charge in [-0.3, -0.25) is 19.2 Å². The van der Waals surface area contributed by atoms with Gasteiger partial charge in [0.05, 0.1) is 37.0 Å². The number of nitrogens with zero attached hydrogens (tertiary/aromatic N) is 1. The SMILES string of the molecule is CC(C)CC(NC(=O)[C@H](Cc1cnc[nH]1)NC(=O)[C@H](Cc1ccccc1)NC(=O)OC(C)(C)C)C(O)CC(=O)N[C@@H](CC(C)C)C(=O)NC(C)C(O)c1ccccc1.